The molecule has 2 nitrogen and oxygen atoms in total. The van der Waals surface area contributed by atoms with E-state index in [9.17, 15) is 4.79 Å². The maximum absolute atomic E-state index is 12.4. The van der Waals surface area contributed by atoms with Gasteiger partial charge in [-0.25, -0.2) is 0 Å². The zero-order chi connectivity index (χ0) is 14.5. The van der Waals surface area contributed by atoms with Gasteiger partial charge in [0.25, 0.3) is 0 Å². The van der Waals surface area contributed by atoms with Gasteiger partial charge >= 0.3 is 0 Å². The third-order valence-electron chi connectivity index (χ3n) is 3.64. The summed E-state index contributed by atoms with van der Waals surface area (Å²) in [5, 5.41) is 1.04. The summed E-state index contributed by atoms with van der Waals surface area (Å²) in [7, 11) is 0. The van der Waals surface area contributed by atoms with Crippen LogP contribution in [-0.2, 0) is 0 Å². The first-order valence-corrected chi connectivity index (χ1v) is 7.30. The van der Waals surface area contributed by atoms with Crippen LogP contribution in [0.15, 0.2) is 42.1 Å². The molecule has 2 aromatic rings. The lowest BCUT2D eigenvalue weighted by atomic mass is 9.95. The number of hydrogen-bond donors (Lipinski definition) is 1. The number of ketones is 1. The Morgan fingerprint density at radius 3 is 2.80 bits per heavy atom. The quantitative estimate of drug-likeness (QED) is 0.572. The van der Waals surface area contributed by atoms with Crippen LogP contribution in [0.25, 0.3) is 10.9 Å². The average Bonchev–Trinajstić information content (AvgIpc) is 2.82. The SMILES string of the molecule is CC(C)=CCCC(C)CC(=O)c1c[nH]c2ccccc12. The first-order chi connectivity index (χ1) is 9.58. The van der Waals surface area contributed by atoms with Gasteiger partial charge in [0.05, 0.1) is 0 Å². The zero-order valence-corrected chi connectivity index (χ0v) is 12.6. The molecule has 1 atom stereocenters. The fourth-order valence-corrected chi connectivity index (χ4v) is 2.49. The number of allylic oxidation sites excluding steroid dienone is 2. The second-order valence-corrected chi connectivity index (χ2v) is 5.84. The normalized spacial score (nSPS) is 12.3. The summed E-state index contributed by atoms with van der Waals surface area (Å²) in [5.74, 6) is 0.666. The Labute approximate surface area is 120 Å². The van der Waals surface area contributed by atoms with E-state index in [2.05, 4.69) is 31.8 Å². The summed E-state index contributed by atoms with van der Waals surface area (Å²) in [5.41, 5.74) is 3.21. The van der Waals surface area contributed by atoms with Crippen LogP contribution in [-0.4, -0.2) is 10.8 Å². The van der Waals surface area contributed by atoms with Crippen LogP contribution in [0.5, 0.6) is 0 Å². The molecule has 0 spiro atoms. The third kappa shape index (κ3) is 3.60. The fourth-order valence-electron chi connectivity index (χ4n) is 2.49. The maximum atomic E-state index is 12.4. The van der Waals surface area contributed by atoms with E-state index in [1.807, 2.05) is 30.5 Å². The molecule has 2 heteroatoms. The van der Waals surface area contributed by atoms with Crippen molar-refractivity contribution in [3.8, 4) is 0 Å². The summed E-state index contributed by atoms with van der Waals surface area (Å²) < 4.78 is 0. The lowest BCUT2D eigenvalue weighted by Gasteiger charge is -2.08. The summed E-state index contributed by atoms with van der Waals surface area (Å²) in [6.45, 7) is 6.38. The Hall–Kier alpha value is -1.83. The molecule has 1 heterocycles. The van der Waals surface area contributed by atoms with E-state index in [1.165, 1.54) is 5.57 Å². The lowest BCUT2D eigenvalue weighted by molar-refractivity contribution is 0.0964. The van der Waals surface area contributed by atoms with Crippen molar-refractivity contribution in [2.45, 2.75) is 40.0 Å². The number of hydrogen-bond acceptors (Lipinski definition) is 1. The Morgan fingerprint density at radius 1 is 1.30 bits per heavy atom. The molecule has 1 aromatic heterocycles. The number of benzene rings is 1. The van der Waals surface area contributed by atoms with Crippen LogP contribution in [0.2, 0.25) is 0 Å². The second kappa shape index (κ2) is 6.56. The van der Waals surface area contributed by atoms with E-state index in [0.717, 1.165) is 29.3 Å². The average molecular weight is 269 g/mol. The predicted octanol–water partition coefficient (Wildman–Crippen LogP) is 5.12. The lowest BCUT2D eigenvalue weighted by Crippen LogP contribution is -2.05. The van der Waals surface area contributed by atoms with E-state index >= 15 is 0 Å². The second-order valence-electron chi connectivity index (χ2n) is 5.84. The minimum atomic E-state index is 0.243. The van der Waals surface area contributed by atoms with E-state index in [0.29, 0.717) is 12.3 Å². The van der Waals surface area contributed by atoms with Crippen LogP contribution in [0.1, 0.15) is 50.4 Å². The van der Waals surface area contributed by atoms with Gasteiger partial charge in [-0.3, -0.25) is 4.79 Å². The smallest absolute Gasteiger partial charge is 0.165 e. The van der Waals surface area contributed by atoms with Crippen molar-refractivity contribution in [2.24, 2.45) is 5.92 Å². The number of aromatic amines is 1. The highest BCUT2D eigenvalue weighted by atomic mass is 16.1. The summed E-state index contributed by atoms with van der Waals surface area (Å²) in [6, 6.07) is 7.97. The molecule has 0 fully saturated rings. The zero-order valence-electron chi connectivity index (χ0n) is 12.6. The molecule has 0 radical (unpaired) electrons. The Balaban J connectivity index is 1.99. The molecule has 106 valence electrons. The van der Waals surface area contributed by atoms with Gasteiger partial charge in [-0.2, -0.15) is 0 Å². The standard InChI is InChI=1S/C18H23NO/c1-13(2)7-6-8-14(3)11-18(20)16-12-19-17-10-5-4-9-15(16)17/h4-5,7,9-10,12,14,19H,6,8,11H2,1-3H3. The summed E-state index contributed by atoms with van der Waals surface area (Å²) in [4.78, 5) is 15.6. The van der Waals surface area contributed by atoms with Crippen LogP contribution in [0.3, 0.4) is 0 Å². The number of nitrogens with one attached hydrogen (secondary N) is 1. The molecule has 0 aliphatic heterocycles. The number of carbonyl (C=O) groups is 1. The van der Waals surface area contributed by atoms with Gasteiger partial charge in [0, 0.05) is 29.1 Å². The van der Waals surface area contributed by atoms with Gasteiger partial charge in [0.15, 0.2) is 5.78 Å². The van der Waals surface area contributed by atoms with E-state index in [4.69, 9.17) is 0 Å². The summed E-state index contributed by atoms with van der Waals surface area (Å²) >= 11 is 0. The van der Waals surface area contributed by atoms with Gasteiger partial charge in [-0.15, -0.1) is 0 Å². The van der Waals surface area contributed by atoms with Gasteiger partial charge < -0.3 is 4.98 Å². The highest BCUT2D eigenvalue weighted by Crippen LogP contribution is 2.22. The number of aromatic nitrogens is 1. The molecule has 20 heavy (non-hydrogen) atoms. The first kappa shape index (κ1) is 14.6. The van der Waals surface area contributed by atoms with Crippen LogP contribution in [0.4, 0.5) is 0 Å². The van der Waals surface area contributed by atoms with Crippen molar-refractivity contribution in [3.05, 3.63) is 47.7 Å². The number of fused-ring (bicyclic) bond motifs is 1. The fraction of sp³-hybridized carbons (Fsp3) is 0.389. The third-order valence-corrected chi connectivity index (χ3v) is 3.64. The van der Waals surface area contributed by atoms with Crippen molar-refractivity contribution in [1.82, 2.24) is 4.98 Å². The Morgan fingerprint density at radius 2 is 2.05 bits per heavy atom. The van der Waals surface area contributed by atoms with Crippen LogP contribution in [0, 0.1) is 5.92 Å². The Bertz CT molecular complexity index is 617. The first-order valence-electron chi connectivity index (χ1n) is 7.30. The van der Waals surface area contributed by atoms with Crippen molar-refractivity contribution in [1.29, 1.82) is 0 Å². The van der Waals surface area contributed by atoms with Gasteiger partial charge in [0.2, 0.25) is 0 Å². The van der Waals surface area contributed by atoms with Crippen molar-refractivity contribution in [3.63, 3.8) is 0 Å². The molecule has 0 amide bonds. The van der Waals surface area contributed by atoms with Crippen molar-refractivity contribution >= 4 is 16.7 Å². The number of rotatable bonds is 6. The molecular formula is C18H23NO. The monoisotopic (exact) mass is 269 g/mol. The largest absolute Gasteiger partial charge is 0.360 e. The topological polar surface area (TPSA) is 32.9 Å². The molecule has 0 aliphatic carbocycles. The predicted molar refractivity (Wildman–Crippen MR) is 85.1 cm³/mol. The maximum Gasteiger partial charge on any atom is 0.165 e. The molecule has 0 saturated heterocycles. The molecule has 2 rings (SSSR count). The molecule has 1 aromatic carbocycles. The highest BCUT2D eigenvalue weighted by Gasteiger charge is 2.14. The van der Waals surface area contributed by atoms with Gasteiger partial charge in [0.1, 0.15) is 0 Å². The van der Waals surface area contributed by atoms with Crippen LogP contribution < -0.4 is 0 Å². The Kier molecular flexibility index (Phi) is 4.78. The molecule has 0 aliphatic rings. The minimum absolute atomic E-state index is 0.243. The van der Waals surface area contributed by atoms with Crippen molar-refractivity contribution in [2.75, 3.05) is 0 Å². The number of para-hydroxylation sites is 1. The van der Waals surface area contributed by atoms with Gasteiger partial charge in [-0.1, -0.05) is 36.8 Å². The van der Waals surface area contributed by atoms with E-state index < -0.39 is 0 Å². The molecule has 0 saturated carbocycles. The minimum Gasteiger partial charge on any atom is -0.360 e. The van der Waals surface area contributed by atoms with E-state index in [1.54, 1.807) is 0 Å². The number of Topliss-reactive ketones (excluding diaryl/α,β-unsaturated/α-hetero) is 1. The van der Waals surface area contributed by atoms with Gasteiger partial charge in [-0.05, 0) is 38.7 Å². The molecule has 1 unspecified atom stereocenters. The molecular weight excluding hydrogens is 246 g/mol. The van der Waals surface area contributed by atoms with Crippen molar-refractivity contribution < 1.29 is 4.79 Å². The van der Waals surface area contributed by atoms with Crippen LogP contribution >= 0.6 is 0 Å². The number of carbonyl (C=O) groups excluding carboxylic acids is 1. The summed E-state index contributed by atoms with van der Waals surface area (Å²) in [6.07, 6.45) is 6.84. The van der Waals surface area contributed by atoms with E-state index in [-0.39, 0.29) is 5.78 Å². The number of H-pyrrole nitrogens is 1. The highest BCUT2D eigenvalue weighted by molar-refractivity contribution is 6.07. The molecule has 0 bridgehead atoms. The molecule has 1 N–H and O–H groups in total.